The summed E-state index contributed by atoms with van der Waals surface area (Å²) >= 11 is 0. The number of rotatable bonds is 8. The molecular weight excluding hydrogens is 915 g/mol. The van der Waals surface area contributed by atoms with Crippen LogP contribution in [0.3, 0.4) is 0 Å². The summed E-state index contributed by atoms with van der Waals surface area (Å²) in [5.74, 6) is 1.66. The summed E-state index contributed by atoms with van der Waals surface area (Å²) in [5.41, 5.74) is 19.5. The molecule has 0 amide bonds. The van der Waals surface area contributed by atoms with Gasteiger partial charge in [0.2, 0.25) is 0 Å². The van der Waals surface area contributed by atoms with Crippen molar-refractivity contribution >= 4 is 43.9 Å². The zero-order valence-corrected chi connectivity index (χ0v) is 40.5. The van der Waals surface area contributed by atoms with Crippen molar-refractivity contribution in [1.82, 2.24) is 15.0 Å². The Morgan fingerprint density at radius 3 is 1.56 bits per heavy atom. The van der Waals surface area contributed by atoms with E-state index in [1.54, 1.807) is 0 Å². The molecule has 15 rings (SSSR count). The summed E-state index contributed by atoms with van der Waals surface area (Å²) in [5, 5.41) is 4.03. The minimum Gasteiger partial charge on any atom is -0.456 e. The first-order chi connectivity index (χ1) is 37.2. The van der Waals surface area contributed by atoms with Crippen molar-refractivity contribution in [3.05, 3.63) is 283 Å². The zero-order chi connectivity index (χ0) is 49.5. The van der Waals surface area contributed by atoms with Gasteiger partial charge in [-0.05, 0) is 115 Å². The second-order valence-corrected chi connectivity index (χ2v) is 19.4. The van der Waals surface area contributed by atoms with Gasteiger partial charge >= 0.3 is 0 Å². The highest BCUT2D eigenvalue weighted by Gasteiger charge is 2.46. The highest BCUT2D eigenvalue weighted by atomic mass is 16.3. The number of fused-ring (bicyclic) bond motifs is 9. The standard InChI is InChI=1S/C70H43N3O2/c1-4-18-44(19-5-1)45-20-15-23-49(41-45)67-71-68(50-36-38-55-54-28-11-13-34-61(54)75-64(55)43-50)73-69(72-67)57-31-17-35-63-66(57)58-42-47(37-39-62(58)74-63)46-21-14-22-48(40-46)53-30-16-33-60-65(53)56-29-10-12-32-59(56)70(60,51-24-6-2-7-25-51)52-26-8-3-9-27-52/h1-43H. The average Bonchev–Trinajstić information content (AvgIpc) is 4.16. The molecule has 350 valence electrons. The van der Waals surface area contributed by atoms with Gasteiger partial charge in [0.25, 0.3) is 0 Å². The molecule has 0 atom stereocenters. The Morgan fingerprint density at radius 1 is 0.267 bits per heavy atom. The first kappa shape index (κ1) is 42.7. The summed E-state index contributed by atoms with van der Waals surface area (Å²) < 4.78 is 13.0. The fourth-order valence-electron chi connectivity index (χ4n) is 11.9. The van der Waals surface area contributed by atoms with Gasteiger partial charge in [0.15, 0.2) is 17.5 Å². The quantitative estimate of drug-likeness (QED) is 0.152. The third-order valence-electron chi connectivity index (χ3n) is 15.2. The van der Waals surface area contributed by atoms with Crippen molar-refractivity contribution in [1.29, 1.82) is 0 Å². The molecule has 11 aromatic carbocycles. The van der Waals surface area contributed by atoms with Gasteiger partial charge in [0.05, 0.1) is 5.41 Å². The van der Waals surface area contributed by atoms with Crippen LogP contribution in [0, 0.1) is 0 Å². The SMILES string of the molecule is c1ccc(-c2cccc(-c3nc(-c4ccc5c(c4)oc4ccccc45)nc(-c4cccc5oc6ccc(-c7cccc(-c8cccc9c8-c8ccccc8C9(c8ccccc8)c8ccccc8)c7)cc6c45)n3)c2)cc1. The Hall–Kier alpha value is -9.97. The minimum absolute atomic E-state index is 0.485. The van der Waals surface area contributed by atoms with E-state index in [2.05, 4.69) is 218 Å². The highest BCUT2D eigenvalue weighted by molar-refractivity contribution is 6.13. The van der Waals surface area contributed by atoms with Crippen molar-refractivity contribution in [2.75, 3.05) is 0 Å². The summed E-state index contributed by atoms with van der Waals surface area (Å²) in [6.07, 6.45) is 0. The van der Waals surface area contributed by atoms with Gasteiger partial charge in [-0.3, -0.25) is 0 Å². The molecule has 0 aliphatic heterocycles. The number of aromatic nitrogens is 3. The second-order valence-electron chi connectivity index (χ2n) is 19.4. The molecule has 1 aliphatic rings. The van der Waals surface area contributed by atoms with Crippen molar-refractivity contribution in [2.24, 2.45) is 0 Å². The van der Waals surface area contributed by atoms with Crippen LogP contribution in [-0.2, 0) is 5.41 Å². The maximum atomic E-state index is 6.66. The molecule has 0 radical (unpaired) electrons. The lowest BCUT2D eigenvalue weighted by Gasteiger charge is -2.34. The van der Waals surface area contributed by atoms with Gasteiger partial charge < -0.3 is 8.83 Å². The lowest BCUT2D eigenvalue weighted by molar-refractivity contribution is 0.668. The molecule has 0 saturated heterocycles. The zero-order valence-electron chi connectivity index (χ0n) is 40.5. The molecule has 5 nitrogen and oxygen atoms in total. The summed E-state index contributed by atoms with van der Waals surface area (Å²) in [6.45, 7) is 0. The predicted octanol–water partition coefficient (Wildman–Crippen LogP) is 18.0. The first-order valence-electron chi connectivity index (χ1n) is 25.4. The summed E-state index contributed by atoms with van der Waals surface area (Å²) in [4.78, 5) is 15.8. The van der Waals surface area contributed by atoms with Gasteiger partial charge in [-0.25, -0.2) is 15.0 Å². The van der Waals surface area contributed by atoms with Crippen LogP contribution in [0.15, 0.2) is 270 Å². The number of para-hydroxylation sites is 1. The number of hydrogen-bond acceptors (Lipinski definition) is 5. The van der Waals surface area contributed by atoms with E-state index >= 15 is 0 Å². The van der Waals surface area contributed by atoms with Gasteiger partial charge in [-0.15, -0.1) is 0 Å². The summed E-state index contributed by atoms with van der Waals surface area (Å²) in [7, 11) is 0. The largest absolute Gasteiger partial charge is 0.456 e. The third-order valence-corrected chi connectivity index (χ3v) is 15.2. The lowest BCUT2D eigenvalue weighted by atomic mass is 9.67. The lowest BCUT2D eigenvalue weighted by Crippen LogP contribution is -2.28. The number of hydrogen-bond donors (Lipinski definition) is 0. The van der Waals surface area contributed by atoms with Crippen molar-refractivity contribution in [2.45, 2.75) is 5.41 Å². The molecule has 0 saturated carbocycles. The predicted molar refractivity (Wildman–Crippen MR) is 304 cm³/mol. The first-order valence-corrected chi connectivity index (χ1v) is 25.4. The molecule has 5 heteroatoms. The molecule has 0 N–H and O–H groups in total. The van der Waals surface area contributed by atoms with Gasteiger partial charge in [-0.2, -0.15) is 0 Å². The molecule has 0 fully saturated rings. The van der Waals surface area contributed by atoms with Crippen LogP contribution < -0.4 is 0 Å². The van der Waals surface area contributed by atoms with Crippen molar-refractivity contribution < 1.29 is 8.83 Å². The maximum absolute atomic E-state index is 6.66. The Labute approximate surface area is 432 Å². The van der Waals surface area contributed by atoms with E-state index in [1.807, 2.05) is 42.5 Å². The fraction of sp³-hybridized carbons (Fsp3) is 0.0143. The Morgan fingerprint density at radius 2 is 0.760 bits per heavy atom. The molecule has 1 aliphatic carbocycles. The van der Waals surface area contributed by atoms with Gasteiger partial charge in [0.1, 0.15) is 22.3 Å². The molecule has 14 aromatic rings. The van der Waals surface area contributed by atoms with Crippen LogP contribution >= 0.6 is 0 Å². The molecule has 0 unspecified atom stereocenters. The van der Waals surface area contributed by atoms with E-state index in [1.165, 1.54) is 38.9 Å². The van der Waals surface area contributed by atoms with Gasteiger partial charge in [-0.1, -0.05) is 212 Å². The molecule has 3 heterocycles. The monoisotopic (exact) mass is 957 g/mol. The van der Waals surface area contributed by atoms with E-state index in [0.717, 1.165) is 88.4 Å². The molecule has 0 bridgehead atoms. The van der Waals surface area contributed by atoms with Crippen LogP contribution in [-0.4, -0.2) is 15.0 Å². The third kappa shape index (κ3) is 6.82. The van der Waals surface area contributed by atoms with E-state index in [0.29, 0.717) is 17.5 Å². The Bertz CT molecular complexity index is 4500. The topological polar surface area (TPSA) is 65.0 Å². The Balaban J connectivity index is 0.879. The fourth-order valence-corrected chi connectivity index (χ4v) is 11.9. The second kappa shape index (κ2) is 17.1. The van der Waals surface area contributed by atoms with Crippen LogP contribution in [0.4, 0.5) is 0 Å². The van der Waals surface area contributed by atoms with E-state index < -0.39 is 5.41 Å². The molecule has 3 aromatic heterocycles. The Kier molecular flexibility index (Phi) is 9.72. The van der Waals surface area contributed by atoms with Gasteiger partial charge in [0, 0.05) is 38.2 Å². The van der Waals surface area contributed by atoms with E-state index in [9.17, 15) is 0 Å². The number of furan rings is 2. The molecule has 0 spiro atoms. The average molecular weight is 958 g/mol. The minimum atomic E-state index is -0.485. The summed E-state index contributed by atoms with van der Waals surface area (Å²) in [6, 6.07) is 92.5. The van der Waals surface area contributed by atoms with Crippen LogP contribution in [0.25, 0.3) is 123 Å². The number of benzene rings is 11. The van der Waals surface area contributed by atoms with Crippen LogP contribution in [0.1, 0.15) is 22.3 Å². The number of nitrogens with zero attached hydrogens (tertiary/aromatic N) is 3. The van der Waals surface area contributed by atoms with Crippen LogP contribution in [0.2, 0.25) is 0 Å². The van der Waals surface area contributed by atoms with Crippen molar-refractivity contribution in [3.8, 4) is 78.7 Å². The van der Waals surface area contributed by atoms with E-state index in [-0.39, 0.29) is 0 Å². The van der Waals surface area contributed by atoms with E-state index in [4.69, 9.17) is 23.8 Å². The van der Waals surface area contributed by atoms with Crippen molar-refractivity contribution in [3.63, 3.8) is 0 Å². The van der Waals surface area contributed by atoms with Crippen LogP contribution in [0.5, 0.6) is 0 Å². The highest BCUT2D eigenvalue weighted by Crippen LogP contribution is 2.58. The smallest absolute Gasteiger partial charge is 0.164 e. The normalized spacial score (nSPS) is 12.6. The maximum Gasteiger partial charge on any atom is 0.164 e. The molecule has 75 heavy (non-hydrogen) atoms. The molecular formula is C70H43N3O2.